The molecule has 1 heterocycles. The highest BCUT2D eigenvalue weighted by molar-refractivity contribution is 5.61. The highest BCUT2D eigenvalue weighted by atomic mass is 15.0. The summed E-state index contributed by atoms with van der Waals surface area (Å²) in [5, 5.41) is 16.4. The van der Waals surface area contributed by atoms with Gasteiger partial charge in [-0.1, -0.05) is 36.4 Å². The second-order valence-corrected chi connectivity index (χ2v) is 5.47. The molecule has 0 saturated heterocycles. The van der Waals surface area contributed by atoms with Gasteiger partial charge in [0.1, 0.15) is 6.07 Å². The summed E-state index contributed by atoms with van der Waals surface area (Å²) in [6, 6.07) is 17.0. The van der Waals surface area contributed by atoms with Crippen molar-refractivity contribution >= 4 is 5.69 Å². The molecule has 0 fully saturated rings. The molecule has 0 radical (unpaired) electrons. The fourth-order valence-corrected chi connectivity index (χ4v) is 2.93. The number of nitriles is 1. The zero-order valence-electron chi connectivity index (χ0n) is 12.2. The van der Waals surface area contributed by atoms with Crippen molar-refractivity contribution in [3.05, 3.63) is 64.7 Å². The van der Waals surface area contributed by atoms with Crippen LogP contribution in [-0.2, 0) is 6.54 Å². The molecule has 3 heteroatoms. The Bertz CT molecular complexity index is 685. The van der Waals surface area contributed by atoms with Gasteiger partial charge in [-0.05, 0) is 42.6 Å². The molecular weight excluding hydrogens is 258 g/mol. The zero-order valence-corrected chi connectivity index (χ0v) is 12.2. The van der Waals surface area contributed by atoms with Crippen LogP contribution in [0.3, 0.4) is 0 Å². The largest absolute Gasteiger partial charge is 0.377 e. The van der Waals surface area contributed by atoms with Crippen LogP contribution in [0.4, 0.5) is 5.69 Å². The minimum Gasteiger partial charge on any atom is -0.377 e. The summed E-state index contributed by atoms with van der Waals surface area (Å²) < 4.78 is 0. The molecule has 0 bridgehead atoms. The number of aryl methyl sites for hydroxylation is 1. The van der Waals surface area contributed by atoms with E-state index in [0.717, 1.165) is 36.3 Å². The lowest BCUT2D eigenvalue weighted by Crippen LogP contribution is -2.15. The maximum Gasteiger partial charge on any atom is 0.102 e. The zero-order chi connectivity index (χ0) is 14.7. The Hall–Kier alpha value is -2.31. The first-order valence-electron chi connectivity index (χ1n) is 7.34. The Balaban J connectivity index is 1.96. The molecule has 1 aliphatic heterocycles. The Kier molecular flexibility index (Phi) is 3.89. The van der Waals surface area contributed by atoms with Crippen molar-refractivity contribution in [2.45, 2.75) is 25.9 Å². The molecule has 1 aliphatic rings. The Morgan fingerprint density at radius 1 is 1.19 bits per heavy atom. The number of hydrogen-bond acceptors (Lipinski definition) is 3. The Morgan fingerprint density at radius 2 is 2.05 bits per heavy atom. The molecule has 2 N–H and O–H groups in total. The van der Waals surface area contributed by atoms with Crippen LogP contribution < -0.4 is 10.6 Å². The lowest BCUT2D eigenvalue weighted by Gasteiger charge is -2.21. The summed E-state index contributed by atoms with van der Waals surface area (Å²) in [5.41, 5.74) is 5.35. The van der Waals surface area contributed by atoms with Gasteiger partial charge < -0.3 is 10.6 Å². The average molecular weight is 277 g/mol. The lowest BCUT2D eigenvalue weighted by molar-refractivity contribution is 0.637. The fourth-order valence-electron chi connectivity index (χ4n) is 2.93. The maximum atomic E-state index is 9.38. The predicted molar refractivity (Wildman–Crippen MR) is 85.0 cm³/mol. The van der Waals surface area contributed by atoms with Crippen molar-refractivity contribution in [2.75, 3.05) is 11.9 Å². The number of hydrogen-bond donors (Lipinski definition) is 2. The van der Waals surface area contributed by atoms with E-state index in [-0.39, 0.29) is 6.04 Å². The van der Waals surface area contributed by atoms with E-state index in [1.165, 1.54) is 11.1 Å². The smallest absolute Gasteiger partial charge is 0.102 e. The van der Waals surface area contributed by atoms with E-state index in [4.69, 9.17) is 0 Å². The normalized spacial score (nSPS) is 17.4. The first-order valence-corrected chi connectivity index (χ1v) is 7.34. The second kappa shape index (κ2) is 5.99. The third kappa shape index (κ3) is 2.76. The first-order chi connectivity index (χ1) is 10.3. The van der Waals surface area contributed by atoms with Gasteiger partial charge in [0.2, 0.25) is 0 Å². The number of rotatable bonds is 2. The molecule has 21 heavy (non-hydrogen) atoms. The quantitative estimate of drug-likeness (QED) is 0.883. The van der Waals surface area contributed by atoms with E-state index in [0.29, 0.717) is 0 Å². The van der Waals surface area contributed by atoms with Crippen molar-refractivity contribution in [3.8, 4) is 6.07 Å². The van der Waals surface area contributed by atoms with Crippen LogP contribution in [-0.4, -0.2) is 6.54 Å². The van der Waals surface area contributed by atoms with Gasteiger partial charge in [-0.3, -0.25) is 0 Å². The van der Waals surface area contributed by atoms with Crippen LogP contribution >= 0.6 is 0 Å². The molecule has 1 atom stereocenters. The minimum atomic E-state index is 0.241. The number of nitrogens with one attached hydrogen (secondary N) is 2. The highest BCUT2D eigenvalue weighted by Gasteiger charge is 2.19. The van der Waals surface area contributed by atoms with Gasteiger partial charge in [-0.15, -0.1) is 0 Å². The summed E-state index contributed by atoms with van der Waals surface area (Å²) in [6.07, 6.45) is 1.01. The molecule has 0 saturated carbocycles. The summed E-state index contributed by atoms with van der Waals surface area (Å²) in [4.78, 5) is 0. The minimum absolute atomic E-state index is 0.241. The number of benzene rings is 2. The molecular formula is C18H19N3. The molecule has 2 aromatic rings. The van der Waals surface area contributed by atoms with Crippen molar-refractivity contribution < 1.29 is 0 Å². The Labute approximate surface area is 125 Å². The molecule has 0 aromatic heterocycles. The lowest BCUT2D eigenvalue weighted by atomic mass is 9.98. The van der Waals surface area contributed by atoms with Gasteiger partial charge in [-0.2, -0.15) is 5.26 Å². The van der Waals surface area contributed by atoms with E-state index in [1.807, 2.05) is 25.1 Å². The highest BCUT2D eigenvalue weighted by Crippen LogP contribution is 2.29. The number of nitrogens with zero attached hydrogens (tertiary/aromatic N) is 1. The van der Waals surface area contributed by atoms with Crippen LogP contribution in [0.5, 0.6) is 0 Å². The van der Waals surface area contributed by atoms with E-state index in [9.17, 15) is 5.26 Å². The van der Waals surface area contributed by atoms with Crippen molar-refractivity contribution in [3.63, 3.8) is 0 Å². The average Bonchev–Trinajstić information content (AvgIpc) is 2.70. The standard InChI is InChI=1S/C18H19N3/c1-13-5-4-8-17(16(13)11-19)21-18-9-10-20-12-14-6-2-3-7-15(14)18/h2-8,18,20-21H,9-10,12H2,1H3. The summed E-state index contributed by atoms with van der Waals surface area (Å²) in [6.45, 7) is 3.86. The Morgan fingerprint density at radius 3 is 2.90 bits per heavy atom. The van der Waals surface area contributed by atoms with Crippen LogP contribution in [0.25, 0.3) is 0 Å². The monoisotopic (exact) mass is 277 g/mol. The number of fused-ring (bicyclic) bond motifs is 1. The van der Waals surface area contributed by atoms with Gasteiger partial charge in [0, 0.05) is 6.54 Å². The summed E-state index contributed by atoms with van der Waals surface area (Å²) in [7, 11) is 0. The topological polar surface area (TPSA) is 47.8 Å². The van der Waals surface area contributed by atoms with Crippen LogP contribution in [0.1, 0.15) is 34.7 Å². The molecule has 1 unspecified atom stereocenters. The van der Waals surface area contributed by atoms with Gasteiger partial charge in [0.25, 0.3) is 0 Å². The van der Waals surface area contributed by atoms with Gasteiger partial charge in [0.15, 0.2) is 0 Å². The first kappa shape index (κ1) is 13.7. The SMILES string of the molecule is Cc1cccc(NC2CCNCc3ccccc32)c1C#N. The molecule has 0 spiro atoms. The van der Waals surface area contributed by atoms with Crippen LogP contribution in [0.15, 0.2) is 42.5 Å². The molecule has 3 rings (SSSR count). The van der Waals surface area contributed by atoms with Crippen LogP contribution in [0.2, 0.25) is 0 Å². The molecule has 106 valence electrons. The van der Waals surface area contributed by atoms with E-state index < -0.39 is 0 Å². The van der Waals surface area contributed by atoms with Gasteiger partial charge in [-0.25, -0.2) is 0 Å². The van der Waals surface area contributed by atoms with Gasteiger partial charge >= 0.3 is 0 Å². The molecule has 2 aromatic carbocycles. The summed E-state index contributed by atoms with van der Waals surface area (Å²) in [5.74, 6) is 0. The molecule has 0 amide bonds. The van der Waals surface area contributed by atoms with E-state index >= 15 is 0 Å². The fraction of sp³-hybridized carbons (Fsp3) is 0.278. The predicted octanol–water partition coefficient (Wildman–Crippen LogP) is 3.51. The molecule has 3 nitrogen and oxygen atoms in total. The van der Waals surface area contributed by atoms with Crippen molar-refractivity contribution in [1.82, 2.24) is 5.32 Å². The number of anilines is 1. The van der Waals surface area contributed by atoms with E-state index in [1.54, 1.807) is 0 Å². The second-order valence-electron chi connectivity index (χ2n) is 5.47. The third-order valence-corrected chi connectivity index (χ3v) is 4.07. The van der Waals surface area contributed by atoms with Crippen molar-refractivity contribution in [1.29, 1.82) is 5.26 Å². The third-order valence-electron chi connectivity index (χ3n) is 4.07. The van der Waals surface area contributed by atoms with Gasteiger partial charge in [0.05, 0.1) is 17.3 Å². The summed E-state index contributed by atoms with van der Waals surface area (Å²) >= 11 is 0. The van der Waals surface area contributed by atoms with E-state index in [2.05, 4.69) is 41.0 Å². The van der Waals surface area contributed by atoms with Crippen molar-refractivity contribution in [2.24, 2.45) is 0 Å². The molecule has 0 aliphatic carbocycles. The van der Waals surface area contributed by atoms with Crippen LogP contribution in [0, 0.1) is 18.3 Å². The maximum absolute atomic E-state index is 9.38.